The summed E-state index contributed by atoms with van der Waals surface area (Å²) in [5.74, 6) is 0.682. The molecule has 5 heteroatoms. The van der Waals surface area contributed by atoms with Crippen LogP contribution in [0.3, 0.4) is 0 Å². The van der Waals surface area contributed by atoms with Crippen LogP contribution in [0, 0.1) is 5.92 Å². The first-order valence-electron chi connectivity index (χ1n) is 8.74. The largest absolute Gasteiger partial charge is 0.399 e. The summed E-state index contributed by atoms with van der Waals surface area (Å²) in [7, 11) is 2.14. The number of hydrogen-bond donors (Lipinski definition) is 2. The number of nitrogens with one attached hydrogen (secondary N) is 1. The lowest BCUT2D eigenvalue weighted by molar-refractivity contribution is -0.117. The maximum Gasteiger partial charge on any atom is 0.224 e. The summed E-state index contributed by atoms with van der Waals surface area (Å²) in [4.78, 5) is 17.1. The van der Waals surface area contributed by atoms with Crippen LogP contribution in [0.5, 0.6) is 0 Å². The topological polar surface area (TPSA) is 61.6 Å². The average molecular weight is 316 g/mol. The maximum atomic E-state index is 12.4. The van der Waals surface area contributed by atoms with E-state index in [-0.39, 0.29) is 5.91 Å². The molecule has 0 bridgehead atoms. The fourth-order valence-electron chi connectivity index (χ4n) is 3.65. The van der Waals surface area contributed by atoms with E-state index in [1.807, 2.05) is 18.2 Å². The summed E-state index contributed by atoms with van der Waals surface area (Å²) in [5.41, 5.74) is 8.58. The van der Waals surface area contributed by atoms with E-state index >= 15 is 0 Å². The number of nitrogens with zero attached hydrogens (tertiary/aromatic N) is 2. The van der Waals surface area contributed by atoms with Gasteiger partial charge in [-0.2, -0.15) is 0 Å². The third kappa shape index (κ3) is 4.16. The minimum absolute atomic E-state index is 0.123. The Bertz CT molecular complexity index is 546. The van der Waals surface area contributed by atoms with Gasteiger partial charge in [-0.05, 0) is 44.0 Å². The molecule has 0 aromatic heterocycles. The molecule has 23 heavy (non-hydrogen) atoms. The van der Waals surface area contributed by atoms with E-state index in [9.17, 15) is 4.79 Å². The Morgan fingerprint density at radius 1 is 1.22 bits per heavy atom. The molecule has 1 aromatic rings. The summed E-state index contributed by atoms with van der Waals surface area (Å²) in [5, 5.41) is 3.11. The zero-order chi connectivity index (χ0) is 16.2. The van der Waals surface area contributed by atoms with Crippen LogP contribution in [0.25, 0.3) is 0 Å². The Kier molecular flexibility index (Phi) is 5.06. The summed E-state index contributed by atoms with van der Waals surface area (Å²) in [6.07, 6.45) is 5.55. The molecule has 5 nitrogen and oxygen atoms in total. The number of carbonyl (C=O) groups excluding carboxylic acids is 1. The van der Waals surface area contributed by atoms with Gasteiger partial charge in [0.2, 0.25) is 5.91 Å². The van der Waals surface area contributed by atoms with Crippen LogP contribution in [0.1, 0.15) is 32.1 Å². The second-order valence-corrected chi connectivity index (χ2v) is 6.97. The molecule has 1 heterocycles. The molecule has 0 unspecified atom stereocenters. The van der Waals surface area contributed by atoms with Crippen molar-refractivity contribution in [3.8, 4) is 0 Å². The van der Waals surface area contributed by atoms with Gasteiger partial charge in [-0.15, -0.1) is 0 Å². The van der Waals surface area contributed by atoms with Crippen molar-refractivity contribution in [2.24, 2.45) is 5.92 Å². The minimum Gasteiger partial charge on any atom is -0.399 e. The van der Waals surface area contributed by atoms with Crippen LogP contribution in [-0.4, -0.2) is 44.0 Å². The quantitative estimate of drug-likeness (QED) is 0.838. The van der Waals surface area contributed by atoms with Crippen molar-refractivity contribution in [3.05, 3.63) is 18.2 Å². The third-order valence-electron chi connectivity index (χ3n) is 5.09. The number of hydrogen-bond acceptors (Lipinski definition) is 4. The van der Waals surface area contributed by atoms with E-state index in [0.717, 1.165) is 37.6 Å². The first kappa shape index (κ1) is 16.1. The van der Waals surface area contributed by atoms with E-state index in [1.54, 1.807) is 0 Å². The van der Waals surface area contributed by atoms with Crippen LogP contribution < -0.4 is 16.0 Å². The molecule has 1 aliphatic heterocycles. The fraction of sp³-hybridized carbons (Fsp3) is 0.611. The predicted octanol–water partition coefficient (Wildman–Crippen LogP) is 2.54. The van der Waals surface area contributed by atoms with Crippen LogP contribution in [0.4, 0.5) is 17.1 Å². The second kappa shape index (κ2) is 7.21. The zero-order valence-corrected chi connectivity index (χ0v) is 14.1. The van der Waals surface area contributed by atoms with Crippen molar-refractivity contribution in [1.29, 1.82) is 0 Å². The molecule has 1 aliphatic carbocycles. The predicted molar refractivity (Wildman–Crippen MR) is 95.8 cm³/mol. The number of anilines is 3. The van der Waals surface area contributed by atoms with E-state index in [1.165, 1.54) is 25.7 Å². The lowest BCUT2D eigenvalue weighted by Crippen LogP contribution is -2.44. The van der Waals surface area contributed by atoms with Crippen molar-refractivity contribution < 1.29 is 4.79 Å². The Labute approximate surface area is 138 Å². The summed E-state index contributed by atoms with van der Waals surface area (Å²) < 4.78 is 0. The first-order chi connectivity index (χ1) is 11.1. The van der Waals surface area contributed by atoms with Crippen molar-refractivity contribution in [2.75, 3.05) is 49.2 Å². The van der Waals surface area contributed by atoms with Gasteiger partial charge in [0.25, 0.3) is 0 Å². The van der Waals surface area contributed by atoms with Gasteiger partial charge in [0.1, 0.15) is 0 Å². The van der Waals surface area contributed by atoms with E-state index in [2.05, 4.69) is 22.2 Å². The lowest BCUT2D eigenvalue weighted by Gasteiger charge is -2.35. The molecule has 1 amide bonds. The summed E-state index contributed by atoms with van der Waals surface area (Å²) >= 11 is 0. The number of piperazine rings is 1. The molecular formula is C18H28N4O. The molecule has 0 radical (unpaired) electrons. The van der Waals surface area contributed by atoms with E-state index < -0.39 is 0 Å². The molecule has 1 aromatic carbocycles. The van der Waals surface area contributed by atoms with Gasteiger partial charge in [0.05, 0.1) is 11.4 Å². The SMILES string of the molecule is CN1CCN(c2ccc(N)cc2NC(=O)CC2CCCC2)CC1. The Morgan fingerprint density at radius 3 is 2.61 bits per heavy atom. The maximum absolute atomic E-state index is 12.4. The average Bonchev–Trinajstić information content (AvgIpc) is 3.01. The normalized spacial score (nSPS) is 20.0. The summed E-state index contributed by atoms with van der Waals surface area (Å²) in [6.45, 7) is 4.04. The number of rotatable bonds is 4. The first-order valence-corrected chi connectivity index (χ1v) is 8.74. The third-order valence-corrected chi connectivity index (χ3v) is 5.09. The second-order valence-electron chi connectivity index (χ2n) is 6.97. The molecule has 3 rings (SSSR count). The molecule has 0 spiro atoms. The zero-order valence-electron chi connectivity index (χ0n) is 14.1. The molecular weight excluding hydrogens is 288 g/mol. The molecule has 1 saturated heterocycles. The highest BCUT2D eigenvalue weighted by Gasteiger charge is 2.21. The van der Waals surface area contributed by atoms with Gasteiger partial charge >= 0.3 is 0 Å². The van der Waals surface area contributed by atoms with Crippen LogP contribution in [-0.2, 0) is 4.79 Å². The monoisotopic (exact) mass is 316 g/mol. The number of nitrogens with two attached hydrogens (primary N) is 1. The fourth-order valence-corrected chi connectivity index (χ4v) is 3.65. The minimum atomic E-state index is 0.123. The van der Waals surface area contributed by atoms with Crippen molar-refractivity contribution in [3.63, 3.8) is 0 Å². The van der Waals surface area contributed by atoms with Gasteiger partial charge in [0.15, 0.2) is 0 Å². The van der Waals surface area contributed by atoms with Crippen molar-refractivity contribution in [1.82, 2.24) is 4.90 Å². The lowest BCUT2D eigenvalue weighted by atomic mass is 10.0. The number of nitrogen functional groups attached to an aromatic ring is 1. The van der Waals surface area contributed by atoms with Gasteiger partial charge in [-0.3, -0.25) is 4.79 Å². The number of benzene rings is 1. The Balaban J connectivity index is 1.69. The number of likely N-dealkylation sites (N-methyl/N-ethyl adjacent to an activating group) is 1. The van der Waals surface area contributed by atoms with Gasteiger partial charge < -0.3 is 20.9 Å². The molecule has 1 saturated carbocycles. The summed E-state index contributed by atoms with van der Waals surface area (Å²) in [6, 6.07) is 5.84. The standard InChI is InChI=1S/C18H28N4O/c1-21-8-10-22(11-9-21)17-7-6-15(19)13-16(17)20-18(23)12-14-4-2-3-5-14/h6-7,13-14H,2-5,8-12,19H2,1H3,(H,20,23). The van der Waals surface area contributed by atoms with Gasteiger partial charge in [-0.1, -0.05) is 12.8 Å². The molecule has 2 fully saturated rings. The highest BCUT2D eigenvalue weighted by atomic mass is 16.1. The van der Waals surface area contributed by atoms with E-state index in [0.29, 0.717) is 18.0 Å². The van der Waals surface area contributed by atoms with Gasteiger partial charge in [-0.25, -0.2) is 0 Å². The van der Waals surface area contributed by atoms with Crippen LogP contribution in [0.15, 0.2) is 18.2 Å². The highest BCUT2D eigenvalue weighted by molar-refractivity contribution is 5.95. The smallest absolute Gasteiger partial charge is 0.224 e. The van der Waals surface area contributed by atoms with E-state index in [4.69, 9.17) is 5.73 Å². The van der Waals surface area contributed by atoms with Crippen molar-refractivity contribution >= 4 is 23.0 Å². The Hall–Kier alpha value is -1.75. The number of amides is 1. The van der Waals surface area contributed by atoms with Crippen LogP contribution in [0.2, 0.25) is 0 Å². The Morgan fingerprint density at radius 2 is 1.91 bits per heavy atom. The van der Waals surface area contributed by atoms with Crippen molar-refractivity contribution in [2.45, 2.75) is 32.1 Å². The molecule has 3 N–H and O–H groups in total. The highest BCUT2D eigenvalue weighted by Crippen LogP contribution is 2.31. The van der Waals surface area contributed by atoms with Gasteiger partial charge in [0, 0.05) is 38.3 Å². The van der Waals surface area contributed by atoms with Crippen LogP contribution >= 0.6 is 0 Å². The number of carbonyl (C=O) groups is 1. The molecule has 0 atom stereocenters. The molecule has 2 aliphatic rings. The molecule has 126 valence electrons.